The van der Waals surface area contributed by atoms with Crippen molar-refractivity contribution in [2.75, 3.05) is 6.54 Å². The smallest absolute Gasteiger partial charge is 0.222 e. The summed E-state index contributed by atoms with van der Waals surface area (Å²) in [5.41, 5.74) is 0. The van der Waals surface area contributed by atoms with Crippen molar-refractivity contribution in [3.05, 3.63) is 48.6 Å². The van der Waals surface area contributed by atoms with Crippen LogP contribution in [0.3, 0.4) is 0 Å². The second-order valence-corrected chi connectivity index (χ2v) is 16.2. The number of carbonyl (C=O) groups excluding carboxylic acids is 1. The van der Waals surface area contributed by atoms with Crippen molar-refractivity contribution in [1.29, 1.82) is 0 Å². The van der Waals surface area contributed by atoms with Crippen molar-refractivity contribution in [1.82, 2.24) is 4.90 Å². The van der Waals surface area contributed by atoms with Crippen LogP contribution in [0.2, 0.25) is 0 Å². The lowest BCUT2D eigenvalue weighted by Gasteiger charge is -2.32. The standard InChI is InChI=1S/C51H95NO/c1-5-9-12-15-18-20-22-24-26-28-30-32-34-36-38-40-43-46-50(52(49-8-4)51(53)48-45-42-17-14-11-7-3)47-44-41-39-37-35-33-31-29-27-25-23-21-19-16-13-10-6-2/h18,20-21,23-24,26-27,29,50H,5-17,19,22,25,28,30-49H2,1-4H3/b20-18-,23-21-,26-24-,29-27-. The molecule has 53 heavy (non-hydrogen) atoms. The van der Waals surface area contributed by atoms with Crippen LogP contribution in [0.1, 0.15) is 259 Å². The highest BCUT2D eigenvalue weighted by Crippen LogP contribution is 2.22. The van der Waals surface area contributed by atoms with Gasteiger partial charge in [-0.1, -0.05) is 211 Å². The molecule has 0 saturated heterocycles. The van der Waals surface area contributed by atoms with E-state index in [1.165, 1.54) is 199 Å². The Balaban J connectivity index is 4.42. The minimum absolute atomic E-state index is 0.444. The summed E-state index contributed by atoms with van der Waals surface area (Å²) in [6.07, 6.45) is 64.7. The van der Waals surface area contributed by atoms with Gasteiger partial charge in [-0.3, -0.25) is 4.79 Å². The first-order valence-electron chi connectivity index (χ1n) is 24.1. The molecule has 0 bridgehead atoms. The average molecular weight is 738 g/mol. The number of hydrogen-bond acceptors (Lipinski definition) is 1. The first-order valence-corrected chi connectivity index (χ1v) is 24.1. The van der Waals surface area contributed by atoms with Crippen LogP contribution in [-0.2, 0) is 4.79 Å². The number of hydrogen-bond donors (Lipinski definition) is 0. The summed E-state index contributed by atoms with van der Waals surface area (Å²) in [4.78, 5) is 15.9. The lowest BCUT2D eigenvalue weighted by atomic mass is 9.97. The summed E-state index contributed by atoms with van der Waals surface area (Å²) in [7, 11) is 0. The van der Waals surface area contributed by atoms with E-state index in [0.717, 1.165) is 38.6 Å². The third-order valence-corrected chi connectivity index (χ3v) is 10.9. The summed E-state index contributed by atoms with van der Waals surface area (Å²) in [5, 5.41) is 0. The Morgan fingerprint density at radius 2 is 0.698 bits per heavy atom. The molecule has 2 heteroatoms. The molecule has 0 radical (unpaired) electrons. The quantitative estimate of drug-likeness (QED) is 0.0451. The first-order chi connectivity index (χ1) is 26.2. The monoisotopic (exact) mass is 738 g/mol. The molecule has 0 fully saturated rings. The third-order valence-electron chi connectivity index (χ3n) is 10.9. The molecule has 1 atom stereocenters. The van der Waals surface area contributed by atoms with Crippen LogP contribution >= 0.6 is 0 Å². The van der Waals surface area contributed by atoms with Crippen LogP contribution in [0.25, 0.3) is 0 Å². The Kier molecular flexibility index (Phi) is 43.5. The molecule has 1 amide bonds. The summed E-state index contributed by atoms with van der Waals surface area (Å²) >= 11 is 0. The van der Waals surface area contributed by atoms with Gasteiger partial charge in [0.2, 0.25) is 5.91 Å². The summed E-state index contributed by atoms with van der Waals surface area (Å²) in [5.74, 6) is 0.444. The second-order valence-electron chi connectivity index (χ2n) is 16.2. The van der Waals surface area contributed by atoms with Gasteiger partial charge in [-0.25, -0.2) is 0 Å². The van der Waals surface area contributed by atoms with Crippen LogP contribution < -0.4 is 0 Å². The lowest BCUT2D eigenvalue weighted by Crippen LogP contribution is -2.41. The highest BCUT2D eigenvalue weighted by Gasteiger charge is 2.22. The average Bonchev–Trinajstić information content (AvgIpc) is 3.16. The minimum atomic E-state index is 0.444. The number of nitrogens with zero attached hydrogens (tertiary/aromatic N) is 1. The van der Waals surface area contributed by atoms with E-state index in [0.29, 0.717) is 11.9 Å². The molecule has 0 spiro atoms. The molecule has 0 saturated carbocycles. The molecule has 0 aromatic rings. The van der Waals surface area contributed by atoms with Crippen molar-refractivity contribution in [2.45, 2.75) is 265 Å². The molecule has 310 valence electrons. The van der Waals surface area contributed by atoms with Crippen LogP contribution in [0, 0.1) is 0 Å². The maximum Gasteiger partial charge on any atom is 0.222 e. The highest BCUT2D eigenvalue weighted by molar-refractivity contribution is 5.76. The Bertz CT molecular complexity index is 837. The topological polar surface area (TPSA) is 20.3 Å². The van der Waals surface area contributed by atoms with Crippen LogP contribution in [0.5, 0.6) is 0 Å². The Morgan fingerprint density at radius 3 is 1.11 bits per heavy atom. The molecule has 0 heterocycles. The zero-order chi connectivity index (χ0) is 38.6. The number of amides is 1. The molecular weight excluding hydrogens is 643 g/mol. The highest BCUT2D eigenvalue weighted by atomic mass is 16.2. The van der Waals surface area contributed by atoms with Gasteiger partial charge in [0.05, 0.1) is 0 Å². The van der Waals surface area contributed by atoms with E-state index in [4.69, 9.17) is 0 Å². The predicted molar refractivity (Wildman–Crippen MR) is 241 cm³/mol. The number of unbranched alkanes of at least 4 members (excludes halogenated alkanes) is 25. The van der Waals surface area contributed by atoms with Gasteiger partial charge in [-0.15, -0.1) is 0 Å². The Labute approximate surface area is 334 Å². The van der Waals surface area contributed by atoms with Gasteiger partial charge in [0.1, 0.15) is 0 Å². The van der Waals surface area contributed by atoms with Crippen LogP contribution in [0.15, 0.2) is 48.6 Å². The van der Waals surface area contributed by atoms with Crippen molar-refractivity contribution >= 4 is 5.91 Å². The van der Waals surface area contributed by atoms with Crippen molar-refractivity contribution in [3.63, 3.8) is 0 Å². The number of rotatable bonds is 42. The van der Waals surface area contributed by atoms with Crippen molar-refractivity contribution in [2.24, 2.45) is 0 Å². The van der Waals surface area contributed by atoms with Gasteiger partial charge in [0, 0.05) is 19.0 Å². The summed E-state index contributed by atoms with van der Waals surface area (Å²) in [6.45, 7) is 10.0. The second kappa shape index (κ2) is 44.8. The van der Waals surface area contributed by atoms with Crippen molar-refractivity contribution in [3.8, 4) is 0 Å². The molecule has 0 aromatic carbocycles. The van der Waals surface area contributed by atoms with Crippen molar-refractivity contribution < 1.29 is 4.79 Å². The van der Waals surface area contributed by atoms with Gasteiger partial charge < -0.3 is 4.90 Å². The van der Waals surface area contributed by atoms with Crippen LogP contribution in [-0.4, -0.2) is 23.4 Å². The van der Waals surface area contributed by atoms with Crippen LogP contribution in [0.4, 0.5) is 0 Å². The fourth-order valence-corrected chi connectivity index (χ4v) is 7.50. The molecule has 0 aromatic heterocycles. The zero-order valence-corrected chi connectivity index (χ0v) is 36.7. The summed E-state index contributed by atoms with van der Waals surface area (Å²) < 4.78 is 0. The molecule has 0 aliphatic carbocycles. The van der Waals surface area contributed by atoms with Gasteiger partial charge >= 0.3 is 0 Å². The van der Waals surface area contributed by atoms with E-state index < -0.39 is 0 Å². The molecule has 1 unspecified atom stereocenters. The lowest BCUT2D eigenvalue weighted by molar-refractivity contribution is -0.134. The molecule has 0 aliphatic heterocycles. The Morgan fingerprint density at radius 1 is 0.377 bits per heavy atom. The SMILES string of the molecule is CCCCC/C=C\C/C=C\CCCCCCCCCC(CCCCCCCC/C=C\C/C=C\CCCCCC)N(CCC)C(=O)CCCCCCCC. The maximum atomic E-state index is 13.5. The fraction of sp³-hybridized carbons (Fsp3) is 0.824. The van der Waals surface area contributed by atoms with E-state index in [1.807, 2.05) is 0 Å². The summed E-state index contributed by atoms with van der Waals surface area (Å²) in [6, 6.07) is 0.455. The fourth-order valence-electron chi connectivity index (χ4n) is 7.50. The zero-order valence-electron chi connectivity index (χ0n) is 36.7. The van der Waals surface area contributed by atoms with E-state index in [1.54, 1.807) is 0 Å². The molecule has 0 aliphatic rings. The van der Waals surface area contributed by atoms with E-state index in [-0.39, 0.29) is 0 Å². The van der Waals surface area contributed by atoms with Gasteiger partial charge in [0.15, 0.2) is 0 Å². The van der Waals surface area contributed by atoms with Gasteiger partial charge in [0.25, 0.3) is 0 Å². The molecule has 0 N–H and O–H groups in total. The first kappa shape index (κ1) is 51.4. The van der Waals surface area contributed by atoms with Gasteiger partial charge in [-0.05, 0) is 89.9 Å². The number of carbonyl (C=O) groups is 1. The third kappa shape index (κ3) is 38.5. The predicted octanol–water partition coefficient (Wildman–Crippen LogP) is 17.5. The van der Waals surface area contributed by atoms with E-state index in [9.17, 15) is 4.79 Å². The maximum absolute atomic E-state index is 13.5. The van der Waals surface area contributed by atoms with E-state index >= 15 is 0 Å². The Hall–Kier alpha value is -1.57. The number of allylic oxidation sites excluding steroid dienone is 8. The molecule has 2 nitrogen and oxygen atoms in total. The minimum Gasteiger partial charge on any atom is -0.340 e. The van der Waals surface area contributed by atoms with Gasteiger partial charge in [-0.2, -0.15) is 0 Å². The largest absolute Gasteiger partial charge is 0.340 e. The normalized spacial score (nSPS) is 12.8. The van der Waals surface area contributed by atoms with E-state index in [2.05, 4.69) is 81.2 Å². The molecule has 0 rings (SSSR count). The molecular formula is C51H95NO.